The second kappa shape index (κ2) is 3.22. The van der Waals surface area contributed by atoms with E-state index in [1.165, 1.54) is 0 Å². The van der Waals surface area contributed by atoms with Gasteiger partial charge in [-0.25, -0.2) is 0 Å². The van der Waals surface area contributed by atoms with Crippen LogP contribution in [0.2, 0.25) is 0 Å². The largest absolute Gasteiger partial charge is 0.428 e. The van der Waals surface area contributed by atoms with Gasteiger partial charge in [0.05, 0.1) is 4.88 Å². The number of rotatable bonds is 2. The lowest BCUT2D eigenvalue weighted by Gasteiger charge is -1.91. The molecule has 2 aromatic rings. The molecule has 0 saturated carbocycles. The van der Waals surface area contributed by atoms with Gasteiger partial charge in [0.25, 0.3) is 6.01 Å². The van der Waals surface area contributed by atoms with Gasteiger partial charge in [-0.15, -0.1) is 11.3 Å². The molecule has 2 rings (SSSR count). The zero-order chi connectivity index (χ0) is 9.26. The van der Waals surface area contributed by atoms with Crippen LogP contribution >= 0.6 is 11.3 Å². The maximum Gasteiger partial charge on any atom is 0.292 e. The average Bonchev–Trinajstić information content (AvgIpc) is 2.71. The number of hydrogen-bond acceptors (Lipinski definition) is 4. The predicted molar refractivity (Wildman–Crippen MR) is 53.6 cm³/mol. The molecule has 68 valence electrons. The van der Waals surface area contributed by atoms with Crippen molar-refractivity contribution in [1.29, 1.82) is 0 Å². The Kier molecular flexibility index (Phi) is 2.06. The minimum atomic E-state index is 0.250. The molecule has 4 heteroatoms. The molecule has 0 spiro atoms. The van der Waals surface area contributed by atoms with Crippen molar-refractivity contribution < 1.29 is 4.42 Å². The number of aromatic nitrogens is 1. The molecule has 0 aliphatic rings. The van der Waals surface area contributed by atoms with Crippen LogP contribution < -0.4 is 5.73 Å². The van der Waals surface area contributed by atoms with E-state index >= 15 is 0 Å². The van der Waals surface area contributed by atoms with Gasteiger partial charge < -0.3 is 10.2 Å². The lowest BCUT2D eigenvalue weighted by molar-refractivity contribution is 0.530. The molecule has 0 aromatic carbocycles. The van der Waals surface area contributed by atoms with E-state index in [2.05, 4.69) is 4.98 Å². The molecule has 2 heterocycles. The molecule has 13 heavy (non-hydrogen) atoms. The summed E-state index contributed by atoms with van der Waals surface area (Å²) in [6.45, 7) is 2.02. The lowest BCUT2D eigenvalue weighted by atomic mass is 10.2. The van der Waals surface area contributed by atoms with Crippen LogP contribution in [-0.4, -0.2) is 4.98 Å². The zero-order valence-corrected chi connectivity index (χ0v) is 8.10. The van der Waals surface area contributed by atoms with Gasteiger partial charge >= 0.3 is 0 Å². The van der Waals surface area contributed by atoms with Crippen molar-refractivity contribution in [1.82, 2.24) is 4.98 Å². The Hall–Kier alpha value is -1.29. The van der Waals surface area contributed by atoms with Gasteiger partial charge in [0.1, 0.15) is 11.5 Å². The number of oxazole rings is 1. The van der Waals surface area contributed by atoms with E-state index < -0.39 is 0 Å². The summed E-state index contributed by atoms with van der Waals surface area (Å²) < 4.78 is 5.26. The molecule has 0 atom stereocenters. The number of nitrogen functional groups attached to an aromatic ring is 1. The van der Waals surface area contributed by atoms with Crippen molar-refractivity contribution in [2.75, 3.05) is 5.73 Å². The number of nitrogens with zero attached hydrogens (tertiary/aromatic N) is 1. The number of nitrogens with two attached hydrogens (primary N) is 1. The van der Waals surface area contributed by atoms with Gasteiger partial charge in [-0.05, 0) is 11.4 Å². The second-order valence-electron chi connectivity index (χ2n) is 2.65. The van der Waals surface area contributed by atoms with Crippen LogP contribution in [0.3, 0.4) is 0 Å². The monoisotopic (exact) mass is 194 g/mol. The Morgan fingerprint density at radius 3 is 3.08 bits per heavy atom. The molecule has 2 N–H and O–H groups in total. The molecular formula is C9H10N2OS. The van der Waals surface area contributed by atoms with E-state index in [1.54, 1.807) is 11.3 Å². The summed E-state index contributed by atoms with van der Waals surface area (Å²) in [5.41, 5.74) is 6.37. The molecule has 0 fully saturated rings. The molecule has 0 saturated heterocycles. The van der Waals surface area contributed by atoms with Gasteiger partial charge in [-0.1, -0.05) is 13.0 Å². The maximum absolute atomic E-state index is 5.49. The third kappa shape index (κ3) is 1.45. The minimum Gasteiger partial charge on any atom is -0.428 e. The first-order chi connectivity index (χ1) is 6.31. The quantitative estimate of drug-likeness (QED) is 0.799. The maximum atomic E-state index is 5.49. The number of thiophene rings is 1. The fourth-order valence-corrected chi connectivity index (χ4v) is 1.95. The fraction of sp³-hybridized carbons (Fsp3) is 0.222. The van der Waals surface area contributed by atoms with Crippen LogP contribution in [0.5, 0.6) is 0 Å². The highest BCUT2D eigenvalue weighted by molar-refractivity contribution is 7.13. The Labute approximate surface area is 80.2 Å². The van der Waals surface area contributed by atoms with E-state index in [9.17, 15) is 0 Å². The molecule has 0 aliphatic carbocycles. The topological polar surface area (TPSA) is 52.0 Å². The van der Waals surface area contributed by atoms with Gasteiger partial charge in [0.2, 0.25) is 0 Å². The third-order valence-electron chi connectivity index (χ3n) is 1.79. The zero-order valence-electron chi connectivity index (χ0n) is 7.28. The highest BCUT2D eigenvalue weighted by atomic mass is 32.1. The van der Waals surface area contributed by atoms with E-state index in [4.69, 9.17) is 10.2 Å². The van der Waals surface area contributed by atoms with Gasteiger partial charge in [-0.2, -0.15) is 4.98 Å². The summed E-state index contributed by atoms with van der Waals surface area (Å²) in [6, 6.07) is 4.26. The molecule has 0 amide bonds. The Balaban J connectivity index is 2.50. The predicted octanol–water partition coefficient (Wildman–Crippen LogP) is 2.55. The molecule has 0 aliphatic heterocycles. The first kappa shape index (κ1) is 8.31. The summed E-state index contributed by atoms with van der Waals surface area (Å²) in [5, 5.41) is 2.01. The SMILES string of the molecule is CCc1oc(N)nc1-c1cccs1. The van der Waals surface area contributed by atoms with Crippen LogP contribution in [0.15, 0.2) is 21.9 Å². The normalized spacial score (nSPS) is 10.5. The van der Waals surface area contributed by atoms with Crippen LogP contribution in [0.1, 0.15) is 12.7 Å². The summed E-state index contributed by atoms with van der Waals surface area (Å²) in [5.74, 6) is 0.861. The van der Waals surface area contributed by atoms with Crippen LogP contribution in [0.4, 0.5) is 6.01 Å². The summed E-state index contributed by atoms with van der Waals surface area (Å²) in [4.78, 5) is 5.25. The highest BCUT2D eigenvalue weighted by Gasteiger charge is 2.11. The number of hydrogen-bond donors (Lipinski definition) is 1. The Morgan fingerprint density at radius 1 is 1.62 bits per heavy atom. The lowest BCUT2D eigenvalue weighted by Crippen LogP contribution is -1.82. The summed E-state index contributed by atoms with van der Waals surface area (Å²) >= 11 is 1.64. The van der Waals surface area contributed by atoms with Crippen molar-refractivity contribution in [2.45, 2.75) is 13.3 Å². The van der Waals surface area contributed by atoms with E-state index in [1.807, 2.05) is 24.4 Å². The van der Waals surface area contributed by atoms with Gasteiger partial charge in [0, 0.05) is 6.42 Å². The first-order valence-electron chi connectivity index (χ1n) is 4.10. The standard InChI is InChI=1S/C9H10N2OS/c1-2-6-8(11-9(10)12-6)7-4-3-5-13-7/h3-5H,2H2,1H3,(H2,10,11). The second-order valence-corrected chi connectivity index (χ2v) is 3.60. The molecule has 0 bridgehead atoms. The van der Waals surface area contributed by atoms with Crippen molar-refractivity contribution in [3.05, 3.63) is 23.3 Å². The minimum absolute atomic E-state index is 0.250. The number of anilines is 1. The number of aryl methyl sites for hydroxylation is 1. The van der Waals surface area contributed by atoms with Crippen LogP contribution in [0.25, 0.3) is 10.6 Å². The average molecular weight is 194 g/mol. The van der Waals surface area contributed by atoms with Crippen molar-refractivity contribution in [3.63, 3.8) is 0 Å². The Morgan fingerprint density at radius 2 is 2.46 bits per heavy atom. The summed E-state index contributed by atoms with van der Waals surface area (Å²) in [6.07, 6.45) is 0.817. The van der Waals surface area contributed by atoms with Crippen LogP contribution in [0, 0.1) is 0 Å². The molecule has 2 aromatic heterocycles. The van der Waals surface area contributed by atoms with Gasteiger partial charge in [-0.3, -0.25) is 0 Å². The highest BCUT2D eigenvalue weighted by Crippen LogP contribution is 2.28. The molecule has 0 radical (unpaired) electrons. The Bertz CT molecular complexity index is 392. The van der Waals surface area contributed by atoms with Crippen LogP contribution in [-0.2, 0) is 6.42 Å². The van der Waals surface area contributed by atoms with Crippen molar-refractivity contribution >= 4 is 17.4 Å². The fourth-order valence-electron chi connectivity index (χ4n) is 1.22. The van der Waals surface area contributed by atoms with Gasteiger partial charge in [0.15, 0.2) is 0 Å². The van der Waals surface area contributed by atoms with E-state index in [0.29, 0.717) is 0 Å². The third-order valence-corrected chi connectivity index (χ3v) is 2.67. The molecule has 3 nitrogen and oxygen atoms in total. The van der Waals surface area contributed by atoms with Crippen molar-refractivity contribution in [2.24, 2.45) is 0 Å². The smallest absolute Gasteiger partial charge is 0.292 e. The molecule has 0 unspecified atom stereocenters. The van der Waals surface area contributed by atoms with E-state index in [0.717, 1.165) is 22.8 Å². The first-order valence-corrected chi connectivity index (χ1v) is 4.98. The van der Waals surface area contributed by atoms with E-state index in [-0.39, 0.29) is 6.01 Å². The summed E-state index contributed by atoms with van der Waals surface area (Å²) in [7, 11) is 0. The van der Waals surface area contributed by atoms with Crippen molar-refractivity contribution in [3.8, 4) is 10.6 Å². The molecular weight excluding hydrogens is 184 g/mol.